The predicted molar refractivity (Wildman–Crippen MR) is 162 cm³/mol. The molecular weight excluding hydrogens is 619 g/mol. The van der Waals surface area contributed by atoms with Crippen molar-refractivity contribution in [3.63, 3.8) is 0 Å². The molecule has 8 saturated carbocycles. The predicted octanol–water partition coefficient (Wildman–Crippen LogP) is 6.40. The van der Waals surface area contributed by atoms with Gasteiger partial charge in [0.05, 0.1) is 0 Å². The Labute approximate surface area is 264 Å². The van der Waals surface area contributed by atoms with Gasteiger partial charge in [-0.25, -0.2) is 0 Å². The zero-order valence-electron chi connectivity index (χ0n) is 24.3. The van der Waals surface area contributed by atoms with Gasteiger partial charge in [0.1, 0.15) is 0 Å². The summed E-state index contributed by atoms with van der Waals surface area (Å²) >= 11 is 0. The first-order valence-electron chi connectivity index (χ1n) is 16.1. The summed E-state index contributed by atoms with van der Waals surface area (Å²) in [5, 5.41) is 11.6. The van der Waals surface area contributed by atoms with Gasteiger partial charge in [0, 0.05) is 5.57 Å². The Hall–Kier alpha value is -0.468. The molecule has 0 unspecified atom stereocenters. The molecule has 4 heteroatoms. The first kappa shape index (κ1) is 31.0. The van der Waals surface area contributed by atoms with Crippen LogP contribution in [-0.2, 0) is 20.4 Å². The second-order valence-corrected chi connectivity index (χ2v) is 17.8. The number of nitrogens with zero attached hydrogens (tertiary/aromatic N) is 1. The summed E-state index contributed by atoms with van der Waals surface area (Å²) in [5.41, 5.74) is 1.74. The van der Waals surface area contributed by atoms with Gasteiger partial charge in [-0.15, -0.1) is 11.4 Å². The third-order valence-corrected chi connectivity index (χ3v) is 15.9. The van der Waals surface area contributed by atoms with E-state index in [2.05, 4.69) is 13.0 Å². The van der Waals surface area contributed by atoms with Crippen LogP contribution in [0.25, 0.3) is 11.0 Å². The van der Waals surface area contributed by atoms with Crippen molar-refractivity contribution in [3.05, 3.63) is 71.0 Å². The summed E-state index contributed by atoms with van der Waals surface area (Å²) < 4.78 is 0. The molecule has 9 aliphatic carbocycles. The van der Waals surface area contributed by atoms with Crippen LogP contribution in [0.2, 0.25) is 0 Å². The number of hydrogen-bond acceptors (Lipinski definition) is 0. The Balaban J connectivity index is 0.000000185. The van der Waals surface area contributed by atoms with E-state index in [-0.39, 0.29) is 40.8 Å². The zero-order chi connectivity index (χ0) is 25.7. The van der Waals surface area contributed by atoms with Crippen LogP contribution in [0, 0.1) is 41.6 Å². The summed E-state index contributed by atoms with van der Waals surface area (Å²) in [6, 6.07) is 7.26. The van der Waals surface area contributed by atoms with E-state index >= 15 is 0 Å². The van der Waals surface area contributed by atoms with Crippen LogP contribution in [0.15, 0.2) is 48.6 Å². The van der Waals surface area contributed by atoms with Crippen LogP contribution >= 0.6 is 7.92 Å². The zero-order valence-corrected chi connectivity index (χ0v) is 27.5. The van der Waals surface area contributed by atoms with E-state index in [0.29, 0.717) is 5.36 Å². The van der Waals surface area contributed by atoms with Gasteiger partial charge in [-0.1, -0.05) is 57.7 Å². The van der Waals surface area contributed by atoms with Crippen LogP contribution in [0.4, 0.5) is 0 Å². The summed E-state index contributed by atoms with van der Waals surface area (Å²) in [7, 11) is 0.285. The topological polar surface area (TPSA) is 22.3 Å². The molecule has 0 heterocycles. The van der Waals surface area contributed by atoms with Crippen LogP contribution in [-0.4, -0.2) is 16.5 Å². The molecule has 1 nitrogen and oxygen atoms in total. The first-order chi connectivity index (χ1) is 18.5. The Morgan fingerprint density at radius 1 is 0.825 bits per heavy atom. The van der Waals surface area contributed by atoms with E-state index in [0.717, 1.165) is 57.0 Å². The fourth-order valence-electron chi connectivity index (χ4n) is 11.3. The van der Waals surface area contributed by atoms with Crippen molar-refractivity contribution < 1.29 is 32.8 Å². The molecule has 218 valence electrons. The summed E-state index contributed by atoms with van der Waals surface area (Å²) in [6.07, 6.45) is 35.3. The van der Waals surface area contributed by atoms with E-state index in [4.69, 9.17) is 0 Å². The summed E-state index contributed by atoms with van der Waals surface area (Å²) in [4.78, 5) is 0. The molecule has 0 radical (unpaired) electrons. The Morgan fingerprint density at radius 3 is 1.73 bits per heavy atom. The van der Waals surface area contributed by atoms with Gasteiger partial charge < -0.3 is 17.8 Å². The quantitative estimate of drug-likeness (QED) is 0.191. The fourth-order valence-corrected chi connectivity index (χ4v) is 16.8. The van der Waals surface area contributed by atoms with Crippen LogP contribution in [0.3, 0.4) is 0 Å². The molecule has 9 aliphatic rings. The maximum absolute atomic E-state index is 9.54. The molecule has 0 atom stereocenters. The standard InChI is InChI=1S/C24H39P.C12H8N.ClH.Pd/c1-2-3-4-25(23-11-17-5-18(12-23)7-19(6-17)13-23)24-14-20-8-21(15-24)10-22(9-20)16-24;13-12-9-5-4-8-11(12)10-6-2-1-3-7-10;;/h17-22H,2-16H2,1H3;1-6,8-9H;1H;/q;-1;;+2/p-1. The molecule has 8 bridgehead atoms. The van der Waals surface area contributed by atoms with E-state index in [1.807, 2.05) is 42.5 Å². The maximum Gasteiger partial charge on any atom is 2.00 e. The minimum absolute atomic E-state index is 0. The van der Waals surface area contributed by atoms with Crippen LogP contribution in [0.5, 0.6) is 0 Å². The monoisotopic (exact) mass is 665 g/mol. The van der Waals surface area contributed by atoms with Gasteiger partial charge in [-0.2, -0.15) is 0 Å². The molecular formula is C36H47ClNPPd. The largest absolute Gasteiger partial charge is 2.00 e. The van der Waals surface area contributed by atoms with Crippen LogP contribution in [0.1, 0.15) is 102 Å². The molecule has 0 amide bonds. The van der Waals surface area contributed by atoms with Crippen molar-refractivity contribution in [1.82, 2.24) is 0 Å². The van der Waals surface area contributed by atoms with Crippen LogP contribution < -0.4 is 17.8 Å². The number of rotatable bonds is 6. The minimum atomic E-state index is 0. The average molecular weight is 667 g/mol. The number of halogens is 1. The van der Waals surface area contributed by atoms with E-state index < -0.39 is 0 Å². The van der Waals surface area contributed by atoms with Crippen molar-refractivity contribution in [2.75, 3.05) is 6.16 Å². The van der Waals surface area contributed by atoms with Gasteiger partial charge in [0.2, 0.25) is 0 Å². The molecule has 10 rings (SSSR count). The smallest absolute Gasteiger partial charge is 1.00 e. The normalized spacial score (nSPS) is 39.8. The molecule has 0 saturated heterocycles. The SMILES string of the molecule is CCCCP(C12CC3CC(CC(C3)C1)C2)C12CC3CC(CC(C3)C1)C2.[Cl-].[N-]=c1cccc[c-]1C1=CC=CC=[C+]1.[Pd+2]. The van der Waals surface area contributed by atoms with Gasteiger partial charge in [0.15, 0.2) is 0 Å². The van der Waals surface area contributed by atoms with Gasteiger partial charge >= 0.3 is 20.4 Å². The van der Waals surface area contributed by atoms with Crippen molar-refractivity contribution in [1.29, 1.82) is 0 Å². The van der Waals surface area contributed by atoms with Gasteiger partial charge in [-0.05, 0) is 153 Å². The van der Waals surface area contributed by atoms with Gasteiger partial charge in [-0.3, -0.25) is 0 Å². The number of allylic oxidation sites excluding steroid dienone is 6. The van der Waals surface area contributed by atoms with E-state index in [1.165, 1.54) is 6.42 Å². The molecule has 0 N–H and O–H groups in total. The van der Waals surface area contributed by atoms with Gasteiger partial charge in [0.25, 0.3) is 0 Å². The fraction of sp³-hybridized carbons (Fsp3) is 0.667. The first-order valence-corrected chi connectivity index (χ1v) is 17.6. The number of hydrogen-bond donors (Lipinski definition) is 0. The molecule has 1 aromatic rings. The Bertz CT molecular complexity index is 1060. The summed E-state index contributed by atoms with van der Waals surface area (Å²) in [5.74, 6) is 6.95. The summed E-state index contributed by atoms with van der Waals surface area (Å²) in [6.45, 7) is 2.45. The number of unbranched alkanes of at least 4 members (excludes halogenated alkanes) is 1. The van der Waals surface area contributed by atoms with Crippen molar-refractivity contribution in [2.24, 2.45) is 35.5 Å². The molecule has 0 spiro atoms. The van der Waals surface area contributed by atoms with E-state index in [9.17, 15) is 5.41 Å². The van der Waals surface area contributed by atoms with Crippen molar-refractivity contribution in [2.45, 2.75) is 107 Å². The Kier molecular flexibility index (Phi) is 9.79. The molecule has 8 fully saturated rings. The molecule has 0 aromatic heterocycles. The average Bonchev–Trinajstić information content (AvgIpc) is 2.88. The second kappa shape index (κ2) is 12.6. The third-order valence-electron chi connectivity index (χ3n) is 11.8. The second-order valence-electron chi connectivity index (χ2n) is 14.6. The molecule has 0 aliphatic heterocycles. The Morgan fingerprint density at radius 2 is 1.32 bits per heavy atom. The minimum Gasteiger partial charge on any atom is -1.00 e. The number of benzene rings is 1. The maximum atomic E-state index is 9.54. The third kappa shape index (κ3) is 5.85. The van der Waals surface area contributed by atoms with Crippen molar-refractivity contribution >= 4 is 13.5 Å². The molecule has 40 heavy (non-hydrogen) atoms. The molecule has 1 aromatic carbocycles. The van der Waals surface area contributed by atoms with Crippen molar-refractivity contribution in [3.8, 4) is 0 Å². The van der Waals surface area contributed by atoms with E-state index in [1.54, 1.807) is 95.7 Å².